The SMILES string of the molecule is CNCCc1c(C)c2ccc(Cl)cc2n1C. The van der Waals surface area contributed by atoms with Gasteiger partial charge in [0, 0.05) is 41.6 Å². The molecule has 0 radical (unpaired) electrons. The number of benzene rings is 1. The second kappa shape index (κ2) is 4.48. The Kier molecular flexibility index (Phi) is 3.22. The second-order valence-electron chi connectivity index (χ2n) is 4.15. The Morgan fingerprint density at radius 1 is 1.38 bits per heavy atom. The average molecular weight is 237 g/mol. The number of rotatable bonds is 3. The molecular formula is C13H17ClN2. The van der Waals surface area contributed by atoms with E-state index in [-0.39, 0.29) is 0 Å². The standard InChI is InChI=1S/C13H17ClN2/c1-9-11-5-4-10(14)8-13(11)16(3)12(9)6-7-15-2/h4-5,8,15H,6-7H2,1-3H3. The van der Waals surface area contributed by atoms with Crippen LogP contribution in [0.25, 0.3) is 10.9 Å². The highest BCUT2D eigenvalue weighted by Gasteiger charge is 2.11. The molecule has 0 atom stereocenters. The van der Waals surface area contributed by atoms with E-state index >= 15 is 0 Å². The molecular weight excluding hydrogens is 220 g/mol. The van der Waals surface area contributed by atoms with Crippen molar-refractivity contribution in [3.8, 4) is 0 Å². The molecule has 0 unspecified atom stereocenters. The first kappa shape index (κ1) is 11.5. The van der Waals surface area contributed by atoms with Crippen LogP contribution in [-0.2, 0) is 13.5 Å². The van der Waals surface area contributed by atoms with Crippen LogP contribution in [0.5, 0.6) is 0 Å². The highest BCUT2D eigenvalue weighted by molar-refractivity contribution is 6.31. The lowest BCUT2D eigenvalue weighted by Gasteiger charge is -2.05. The Bertz CT molecular complexity index is 514. The van der Waals surface area contributed by atoms with Gasteiger partial charge < -0.3 is 9.88 Å². The van der Waals surface area contributed by atoms with Crippen LogP contribution in [0, 0.1) is 6.92 Å². The lowest BCUT2D eigenvalue weighted by Crippen LogP contribution is -2.12. The third-order valence-corrected chi connectivity index (χ3v) is 3.41. The van der Waals surface area contributed by atoms with Gasteiger partial charge in [-0.1, -0.05) is 17.7 Å². The first-order chi connectivity index (χ1) is 7.65. The van der Waals surface area contributed by atoms with Gasteiger partial charge in [-0.15, -0.1) is 0 Å². The van der Waals surface area contributed by atoms with Crippen molar-refractivity contribution in [1.29, 1.82) is 0 Å². The third-order valence-electron chi connectivity index (χ3n) is 3.17. The maximum absolute atomic E-state index is 6.03. The first-order valence-electron chi connectivity index (χ1n) is 5.53. The smallest absolute Gasteiger partial charge is 0.0497 e. The lowest BCUT2D eigenvalue weighted by atomic mass is 10.1. The molecule has 0 spiro atoms. The number of hydrogen-bond donors (Lipinski definition) is 1. The maximum atomic E-state index is 6.03. The van der Waals surface area contributed by atoms with Gasteiger partial charge in [0.15, 0.2) is 0 Å². The molecule has 1 aromatic carbocycles. The lowest BCUT2D eigenvalue weighted by molar-refractivity contribution is 0.742. The Hall–Kier alpha value is -0.990. The van der Waals surface area contributed by atoms with Crippen LogP contribution >= 0.6 is 11.6 Å². The van der Waals surface area contributed by atoms with Gasteiger partial charge in [-0.25, -0.2) is 0 Å². The van der Waals surface area contributed by atoms with E-state index in [0.717, 1.165) is 18.0 Å². The summed E-state index contributed by atoms with van der Waals surface area (Å²) in [6.45, 7) is 3.18. The first-order valence-corrected chi connectivity index (χ1v) is 5.91. The number of fused-ring (bicyclic) bond motifs is 1. The zero-order valence-corrected chi connectivity index (χ0v) is 10.7. The molecule has 2 rings (SSSR count). The Morgan fingerprint density at radius 3 is 2.81 bits per heavy atom. The summed E-state index contributed by atoms with van der Waals surface area (Å²) in [5, 5.41) is 5.29. The second-order valence-corrected chi connectivity index (χ2v) is 4.58. The van der Waals surface area contributed by atoms with Gasteiger partial charge in [0.05, 0.1) is 0 Å². The van der Waals surface area contributed by atoms with Gasteiger partial charge in [-0.3, -0.25) is 0 Å². The molecule has 0 saturated heterocycles. The van der Waals surface area contributed by atoms with Crippen molar-refractivity contribution in [3.05, 3.63) is 34.5 Å². The van der Waals surface area contributed by atoms with Crippen molar-refractivity contribution >= 4 is 22.5 Å². The van der Waals surface area contributed by atoms with Crippen molar-refractivity contribution < 1.29 is 0 Å². The summed E-state index contributed by atoms with van der Waals surface area (Å²) in [6, 6.07) is 6.10. The van der Waals surface area contributed by atoms with Gasteiger partial charge in [0.1, 0.15) is 0 Å². The molecule has 0 fully saturated rings. The fraction of sp³-hybridized carbons (Fsp3) is 0.385. The monoisotopic (exact) mass is 236 g/mol. The number of likely N-dealkylation sites (N-methyl/N-ethyl adjacent to an activating group) is 1. The van der Waals surface area contributed by atoms with Crippen LogP contribution in [0.4, 0.5) is 0 Å². The molecule has 2 nitrogen and oxygen atoms in total. The minimum absolute atomic E-state index is 0.799. The third kappa shape index (κ3) is 1.83. The van der Waals surface area contributed by atoms with E-state index in [1.165, 1.54) is 22.2 Å². The number of hydrogen-bond acceptors (Lipinski definition) is 1. The van der Waals surface area contributed by atoms with Gasteiger partial charge in [-0.05, 0) is 31.7 Å². The number of halogens is 1. The molecule has 3 heteroatoms. The van der Waals surface area contributed by atoms with E-state index in [9.17, 15) is 0 Å². The summed E-state index contributed by atoms with van der Waals surface area (Å²) >= 11 is 6.03. The summed E-state index contributed by atoms with van der Waals surface area (Å²) in [6.07, 6.45) is 1.05. The van der Waals surface area contributed by atoms with Crippen molar-refractivity contribution in [3.63, 3.8) is 0 Å². The zero-order chi connectivity index (χ0) is 11.7. The molecule has 0 aliphatic carbocycles. The Balaban J connectivity index is 2.57. The molecule has 16 heavy (non-hydrogen) atoms. The fourth-order valence-corrected chi connectivity index (χ4v) is 2.42. The van der Waals surface area contributed by atoms with E-state index in [1.807, 2.05) is 19.2 Å². The summed E-state index contributed by atoms with van der Waals surface area (Å²) in [7, 11) is 4.09. The average Bonchev–Trinajstić information content (AvgIpc) is 2.50. The van der Waals surface area contributed by atoms with Crippen molar-refractivity contribution in [1.82, 2.24) is 9.88 Å². The molecule has 0 saturated carbocycles. The largest absolute Gasteiger partial charge is 0.347 e. The normalized spacial score (nSPS) is 11.2. The Labute approximate surface area is 101 Å². The molecule has 0 amide bonds. The molecule has 0 aliphatic heterocycles. The number of aryl methyl sites for hydroxylation is 2. The fourth-order valence-electron chi connectivity index (χ4n) is 2.25. The van der Waals surface area contributed by atoms with Crippen LogP contribution in [0.15, 0.2) is 18.2 Å². The van der Waals surface area contributed by atoms with E-state index in [0.29, 0.717) is 0 Å². The molecule has 86 valence electrons. The number of aromatic nitrogens is 1. The van der Waals surface area contributed by atoms with Crippen LogP contribution < -0.4 is 5.32 Å². The van der Waals surface area contributed by atoms with Gasteiger partial charge in [-0.2, -0.15) is 0 Å². The highest BCUT2D eigenvalue weighted by atomic mass is 35.5. The molecule has 2 aromatic rings. The minimum Gasteiger partial charge on any atom is -0.347 e. The molecule has 0 aliphatic rings. The van der Waals surface area contributed by atoms with Crippen molar-refractivity contribution in [2.75, 3.05) is 13.6 Å². The van der Waals surface area contributed by atoms with Crippen LogP contribution in [0.1, 0.15) is 11.3 Å². The quantitative estimate of drug-likeness (QED) is 0.867. The van der Waals surface area contributed by atoms with Gasteiger partial charge in [0.2, 0.25) is 0 Å². The summed E-state index contributed by atoms with van der Waals surface area (Å²) in [5.74, 6) is 0. The van der Waals surface area contributed by atoms with Crippen molar-refractivity contribution in [2.45, 2.75) is 13.3 Å². The molecule has 0 bridgehead atoms. The van der Waals surface area contributed by atoms with Crippen LogP contribution in [0.3, 0.4) is 0 Å². The minimum atomic E-state index is 0.799. The number of nitrogens with one attached hydrogen (secondary N) is 1. The predicted molar refractivity (Wildman–Crippen MR) is 70.3 cm³/mol. The molecule has 1 heterocycles. The molecule has 1 aromatic heterocycles. The summed E-state index contributed by atoms with van der Waals surface area (Å²) < 4.78 is 2.24. The van der Waals surface area contributed by atoms with Gasteiger partial charge >= 0.3 is 0 Å². The maximum Gasteiger partial charge on any atom is 0.0497 e. The zero-order valence-electron chi connectivity index (χ0n) is 9.97. The van der Waals surface area contributed by atoms with E-state index in [1.54, 1.807) is 0 Å². The molecule has 1 N–H and O–H groups in total. The van der Waals surface area contributed by atoms with E-state index in [2.05, 4.69) is 29.9 Å². The van der Waals surface area contributed by atoms with Crippen LogP contribution in [-0.4, -0.2) is 18.2 Å². The summed E-state index contributed by atoms with van der Waals surface area (Å²) in [4.78, 5) is 0. The van der Waals surface area contributed by atoms with E-state index < -0.39 is 0 Å². The van der Waals surface area contributed by atoms with E-state index in [4.69, 9.17) is 11.6 Å². The summed E-state index contributed by atoms with van der Waals surface area (Å²) in [5.41, 5.74) is 3.96. The Morgan fingerprint density at radius 2 is 2.12 bits per heavy atom. The van der Waals surface area contributed by atoms with Crippen LogP contribution in [0.2, 0.25) is 5.02 Å². The van der Waals surface area contributed by atoms with Gasteiger partial charge in [0.25, 0.3) is 0 Å². The number of nitrogens with zero attached hydrogens (tertiary/aromatic N) is 1. The van der Waals surface area contributed by atoms with Crippen molar-refractivity contribution in [2.24, 2.45) is 7.05 Å². The predicted octanol–water partition coefficient (Wildman–Crippen LogP) is 2.90. The topological polar surface area (TPSA) is 17.0 Å². The highest BCUT2D eigenvalue weighted by Crippen LogP contribution is 2.27.